The first-order valence-corrected chi connectivity index (χ1v) is 6.22. The number of esters is 1. The van der Waals surface area contributed by atoms with Crippen LogP contribution in [-0.4, -0.2) is 40.6 Å². The molecule has 1 rings (SSSR count). The number of rotatable bonds is 4. The van der Waals surface area contributed by atoms with Crippen LogP contribution in [0.5, 0.6) is 0 Å². The fourth-order valence-corrected chi connectivity index (χ4v) is 2.73. The van der Waals surface area contributed by atoms with Gasteiger partial charge in [0.1, 0.15) is 0 Å². The summed E-state index contributed by atoms with van der Waals surface area (Å²) in [4.78, 5) is 35.2. The molecule has 0 aromatic heterocycles. The summed E-state index contributed by atoms with van der Waals surface area (Å²) in [6.07, 6.45) is 1.34. The number of thioether (sulfide) groups is 1. The highest BCUT2D eigenvalue weighted by Gasteiger charge is 2.53. The monoisotopic (exact) mass is 257 g/mol. The van der Waals surface area contributed by atoms with Gasteiger partial charge >= 0.3 is 5.97 Å². The van der Waals surface area contributed by atoms with Gasteiger partial charge in [0.05, 0.1) is 6.61 Å². The van der Waals surface area contributed by atoms with E-state index in [0.29, 0.717) is 0 Å². The summed E-state index contributed by atoms with van der Waals surface area (Å²) in [5.74, 6) is -1.44. The van der Waals surface area contributed by atoms with Crippen LogP contribution in [0.4, 0.5) is 0 Å². The molecular formula is C11H15NO4S. The summed E-state index contributed by atoms with van der Waals surface area (Å²) in [5, 5.41) is 1.47. The third kappa shape index (κ3) is 2.22. The lowest BCUT2D eigenvalue weighted by Crippen LogP contribution is -2.60. The van der Waals surface area contributed by atoms with Gasteiger partial charge in [-0.3, -0.25) is 9.59 Å². The van der Waals surface area contributed by atoms with Crippen LogP contribution in [0.25, 0.3) is 0 Å². The summed E-state index contributed by atoms with van der Waals surface area (Å²) in [5.41, 5.74) is 0. The maximum absolute atomic E-state index is 12.0. The van der Waals surface area contributed by atoms with Gasteiger partial charge in [-0.05, 0) is 26.2 Å². The molecule has 1 atom stereocenters. The van der Waals surface area contributed by atoms with E-state index in [9.17, 15) is 14.4 Å². The van der Waals surface area contributed by atoms with Crippen molar-refractivity contribution in [3.8, 4) is 0 Å². The van der Waals surface area contributed by atoms with Gasteiger partial charge < -0.3 is 9.64 Å². The lowest BCUT2D eigenvalue weighted by Gasteiger charge is -2.39. The molecule has 1 heterocycles. The minimum atomic E-state index is -1.56. The molecule has 5 nitrogen and oxygen atoms in total. The van der Waals surface area contributed by atoms with Crippen molar-refractivity contribution in [1.29, 1.82) is 0 Å². The molecule has 94 valence electrons. The van der Waals surface area contributed by atoms with E-state index in [0.717, 1.165) is 11.8 Å². The molecular weight excluding hydrogens is 242 g/mol. The molecule has 0 aliphatic carbocycles. The average molecular weight is 257 g/mol. The first kappa shape index (κ1) is 13.8. The lowest BCUT2D eigenvalue weighted by atomic mass is 10.1. The minimum Gasteiger partial charge on any atom is -0.463 e. The molecule has 0 bridgehead atoms. The number of hydrogen-bond acceptors (Lipinski definition) is 5. The number of ketones is 1. The highest BCUT2D eigenvalue weighted by atomic mass is 32.2. The summed E-state index contributed by atoms with van der Waals surface area (Å²) in [7, 11) is 0. The summed E-state index contributed by atoms with van der Waals surface area (Å²) < 4.78 is 4.92. The molecule has 1 amide bonds. The van der Waals surface area contributed by atoms with Crippen molar-refractivity contribution in [3.05, 3.63) is 11.5 Å². The molecule has 17 heavy (non-hydrogen) atoms. The molecule has 0 aromatic carbocycles. The number of amides is 1. The highest BCUT2D eigenvalue weighted by Crippen LogP contribution is 2.36. The van der Waals surface area contributed by atoms with Crippen LogP contribution in [0.3, 0.4) is 0 Å². The predicted octanol–water partition coefficient (Wildman–Crippen LogP) is 0.944. The summed E-state index contributed by atoms with van der Waals surface area (Å²) >= 11 is 1.00. The molecule has 0 radical (unpaired) electrons. The van der Waals surface area contributed by atoms with Crippen molar-refractivity contribution in [2.24, 2.45) is 0 Å². The maximum Gasteiger partial charge on any atom is 0.351 e. The van der Waals surface area contributed by atoms with Crippen molar-refractivity contribution in [2.45, 2.75) is 25.6 Å². The summed E-state index contributed by atoms with van der Waals surface area (Å²) in [6, 6.07) is 0. The van der Waals surface area contributed by atoms with E-state index in [-0.39, 0.29) is 19.1 Å². The van der Waals surface area contributed by atoms with Gasteiger partial charge in [-0.1, -0.05) is 11.8 Å². The van der Waals surface area contributed by atoms with Crippen molar-refractivity contribution < 1.29 is 19.1 Å². The van der Waals surface area contributed by atoms with Crippen LogP contribution in [0.15, 0.2) is 11.5 Å². The van der Waals surface area contributed by atoms with Gasteiger partial charge in [-0.25, -0.2) is 4.79 Å². The topological polar surface area (TPSA) is 63.7 Å². The molecule has 0 saturated carbocycles. The van der Waals surface area contributed by atoms with Crippen LogP contribution in [0.1, 0.15) is 20.8 Å². The third-order valence-corrected chi connectivity index (χ3v) is 3.73. The minimum absolute atomic E-state index is 0.171. The maximum atomic E-state index is 12.0. The van der Waals surface area contributed by atoms with E-state index < -0.39 is 16.6 Å². The molecule has 6 heteroatoms. The SMILES string of the molecule is CCOC(=O)C1(C(C)=O)SC=CC(=O)N1CC. The van der Waals surface area contributed by atoms with Crippen LogP contribution < -0.4 is 0 Å². The van der Waals surface area contributed by atoms with Crippen molar-refractivity contribution in [3.63, 3.8) is 0 Å². The van der Waals surface area contributed by atoms with Gasteiger partial charge in [-0.15, -0.1) is 0 Å². The van der Waals surface area contributed by atoms with Gasteiger partial charge in [0.2, 0.25) is 10.8 Å². The second-order valence-electron chi connectivity index (χ2n) is 3.42. The van der Waals surface area contributed by atoms with E-state index in [1.165, 1.54) is 23.3 Å². The Morgan fingerprint density at radius 1 is 1.47 bits per heavy atom. The van der Waals surface area contributed by atoms with E-state index >= 15 is 0 Å². The molecule has 0 spiro atoms. The van der Waals surface area contributed by atoms with E-state index in [1.807, 2.05) is 0 Å². The molecule has 0 aromatic rings. The standard InChI is InChI=1S/C11H15NO4S/c1-4-12-9(14)6-7-17-11(12,8(3)13)10(15)16-5-2/h6-7H,4-5H2,1-3H3. The fourth-order valence-electron chi connectivity index (χ4n) is 1.68. The Morgan fingerprint density at radius 2 is 2.12 bits per heavy atom. The van der Waals surface area contributed by atoms with Crippen molar-refractivity contribution in [1.82, 2.24) is 4.90 Å². The van der Waals surface area contributed by atoms with Gasteiger partial charge in [0.15, 0.2) is 5.78 Å². The first-order chi connectivity index (χ1) is 8.00. The van der Waals surface area contributed by atoms with E-state index in [4.69, 9.17) is 4.74 Å². The van der Waals surface area contributed by atoms with Crippen LogP contribution in [-0.2, 0) is 19.1 Å². The van der Waals surface area contributed by atoms with Crippen LogP contribution in [0, 0.1) is 0 Å². The third-order valence-electron chi connectivity index (χ3n) is 2.44. The molecule has 0 saturated heterocycles. The van der Waals surface area contributed by atoms with Gasteiger partial charge in [-0.2, -0.15) is 0 Å². The van der Waals surface area contributed by atoms with E-state index in [1.54, 1.807) is 13.8 Å². The fraction of sp³-hybridized carbons (Fsp3) is 0.545. The quantitative estimate of drug-likeness (QED) is 0.554. The Labute approximate surface area is 104 Å². The van der Waals surface area contributed by atoms with Gasteiger partial charge in [0.25, 0.3) is 0 Å². The number of ether oxygens (including phenoxy) is 1. The number of carbonyl (C=O) groups excluding carboxylic acids is 3. The number of hydrogen-bond donors (Lipinski definition) is 0. The van der Waals surface area contributed by atoms with E-state index in [2.05, 4.69) is 0 Å². The predicted molar refractivity (Wildman–Crippen MR) is 64.2 cm³/mol. The second kappa shape index (κ2) is 5.35. The number of Topliss-reactive ketones (excluding diaryl/α,β-unsaturated/α-hetero) is 1. The molecule has 1 aliphatic rings. The Balaban J connectivity index is 3.22. The number of carbonyl (C=O) groups is 3. The smallest absolute Gasteiger partial charge is 0.351 e. The van der Waals surface area contributed by atoms with Crippen molar-refractivity contribution in [2.75, 3.05) is 13.2 Å². The normalized spacial score (nSPS) is 23.7. The molecule has 1 aliphatic heterocycles. The molecule has 0 fully saturated rings. The zero-order valence-electron chi connectivity index (χ0n) is 10.1. The average Bonchev–Trinajstić information content (AvgIpc) is 2.28. The number of nitrogens with zero attached hydrogens (tertiary/aromatic N) is 1. The number of likely N-dealkylation sites (N-methyl/N-ethyl adjacent to an activating group) is 1. The lowest BCUT2D eigenvalue weighted by molar-refractivity contribution is -0.159. The largest absolute Gasteiger partial charge is 0.463 e. The van der Waals surface area contributed by atoms with Gasteiger partial charge in [0, 0.05) is 12.6 Å². The Hall–Kier alpha value is -1.30. The zero-order valence-corrected chi connectivity index (χ0v) is 10.9. The molecule has 1 unspecified atom stereocenters. The Kier molecular flexibility index (Phi) is 4.34. The highest BCUT2D eigenvalue weighted by molar-refractivity contribution is 8.05. The zero-order chi connectivity index (χ0) is 13.1. The van der Waals surface area contributed by atoms with Crippen molar-refractivity contribution >= 4 is 29.4 Å². The second-order valence-corrected chi connectivity index (χ2v) is 4.52. The Morgan fingerprint density at radius 3 is 2.59 bits per heavy atom. The Bertz CT molecular complexity index is 380. The first-order valence-electron chi connectivity index (χ1n) is 5.34. The van der Waals surface area contributed by atoms with Crippen LogP contribution >= 0.6 is 11.8 Å². The summed E-state index contributed by atoms with van der Waals surface area (Å²) in [6.45, 7) is 5.11. The van der Waals surface area contributed by atoms with Crippen LogP contribution in [0.2, 0.25) is 0 Å². The molecule has 0 N–H and O–H groups in total.